The third kappa shape index (κ3) is 5.09. The molecule has 0 amide bonds. The van der Waals surface area contributed by atoms with Gasteiger partial charge in [0.25, 0.3) is 0 Å². The minimum absolute atomic E-state index is 0.249. The minimum Gasteiger partial charge on any atom is -0.379 e. The third-order valence-electron chi connectivity index (χ3n) is 10.9. The van der Waals surface area contributed by atoms with Gasteiger partial charge in [-0.3, -0.25) is 14.7 Å². The molecule has 6 heteroatoms. The fourth-order valence-corrected chi connectivity index (χ4v) is 8.04. The first-order chi connectivity index (χ1) is 16.4. The molecule has 0 aromatic carbocycles. The molecule has 35 heavy (non-hydrogen) atoms. The van der Waals surface area contributed by atoms with E-state index in [1.165, 1.54) is 84.6 Å². The largest absolute Gasteiger partial charge is 0.379 e. The zero-order valence-corrected chi connectivity index (χ0v) is 24.2. The van der Waals surface area contributed by atoms with Gasteiger partial charge in [0, 0.05) is 92.9 Å². The standard InChI is InChI=1S/C29H55N5O/c1-8-31-19-29(20-31)21-33(22-29)26(4,5)10-12-27(6,34-23-28(24-34)17-30(7)18-28)11-9-25(2,3)32-13-15-35-16-14-32/h8-24H2,1-7H3. The highest BCUT2D eigenvalue weighted by Crippen LogP contribution is 2.48. The highest BCUT2D eigenvalue weighted by Gasteiger charge is 2.56. The van der Waals surface area contributed by atoms with Crippen molar-refractivity contribution in [1.29, 1.82) is 0 Å². The second-order valence-electron chi connectivity index (χ2n) is 14.9. The zero-order valence-electron chi connectivity index (χ0n) is 24.2. The van der Waals surface area contributed by atoms with Crippen LogP contribution in [-0.4, -0.2) is 133 Å². The summed E-state index contributed by atoms with van der Waals surface area (Å²) < 4.78 is 5.65. The zero-order chi connectivity index (χ0) is 25.1. The Morgan fingerprint density at radius 2 is 1.11 bits per heavy atom. The lowest BCUT2D eigenvalue weighted by Gasteiger charge is -2.65. The second-order valence-corrected chi connectivity index (χ2v) is 14.9. The van der Waals surface area contributed by atoms with Crippen molar-refractivity contribution < 1.29 is 4.74 Å². The summed E-state index contributed by atoms with van der Waals surface area (Å²) in [6.45, 7) is 30.6. The quantitative estimate of drug-likeness (QED) is 0.468. The van der Waals surface area contributed by atoms with Crippen LogP contribution in [0.15, 0.2) is 0 Å². The molecule has 5 aliphatic rings. The Labute approximate surface area is 216 Å². The summed E-state index contributed by atoms with van der Waals surface area (Å²) in [7, 11) is 2.28. The lowest BCUT2D eigenvalue weighted by atomic mass is 9.67. The molecule has 5 rings (SSSR count). The molecule has 0 aromatic rings. The van der Waals surface area contributed by atoms with Gasteiger partial charge in [-0.2, -0.15) is 0 Å². The smallest absolute Gasteiger partial charge is 0.0594 e. The average Bonchev–Trinajstić information content (AvgIpc) is 2.71. The van der Waals surface area contributed by atoms with Crippen LogP contribution in [0, 0.1) is 10.8 Å². The summed E-state index contributed by atoms with van der Waals surface area (Å²) in [6.07, 6.45) is 5.19. The molecule has 0 saturated carbocycles. The van der Waals surface area contributed by atoms with Gasteiger partial charge in [0.15, 0.2) is 0 Å². The molecule has 6 nitrogen and oxygen atoms in total. The molecule has 0 bridgehead atoms. The van der Waals surface area contributed by atoms with Crippen molar-refractivity contribution in [3.05, 3.63) is 0 Å². The normalized spacial score (nSPS) is 29.9. The Bertz CT molecular complexity index is 734. The first-order valence-corrected chi connectivity index (χ1v) is 14.6. The Hall–Kier alpha value is -0.240. The van der Waals surface area contributed by atoms with E-state index in [1.54, 1.807) is 0 Å². The van der Waals surface area contributed by atoms with Crippen molar-refractivity contribution in [3.63, 3.8) is 0 Å². The SMILES string of the molecule is CCN1CC2(C1)CN(C(C)(C)CCC(C)(CCC(C)(C)N1CCOCC1)N1CC3(CN(C)C3)C1)C2. The lowest BCUT2D eigenvalue weighted by molar-refractivity contribution is -0.161. The van der Waals surface area contributed by atoms with Gasteiger partial charge in [0.2, 0.25) is 0 Å². The number of rotatable bonds is 10. The summed E-state index contributed by atoms with van der Waals surface area (Å²) in [5.41, 5.74) is 2.08. The number of ether oxygens (including phenoxy) is 1. The summed E-state index contributed by atoms with van der Waals surface area (Å²) in [4.78, 5) is 13.5. The Balaban J connectivity index is 1.19. The number of hydrogen-bond acceptors (Lipinski definition) is 6. The van der Waals surface area contributed by atoms with E-state index in [0.717, 1.165) is 26.3 Å². The van der Waals surface area contributed by atoms with Crippen LogP contribution in [-0.2, 0) is 4.74 Å². The fourth-order valence-electron chi connectivity index (χ4n) is 8.04. The van der Waals surface area contributed by atoms with Crippen LogP contribution in [0.5, 0.6) is 0 Å². The highest BCUT2D eigenvalue weighted by atomic mass is 16.5. The Morgan fingerprint density at radius 1 is 0.629 bits per heavy atom. The van der Waals surface area contributed by atoms with Crippen molar-refractivity contribution in [2.45, 2.75) is 83.8 Å². The van der Waals surface area contributed by atoms with Crippen molar-refractivity contribution in [2.24, 2.45) is 10.8 Å². The molecule has 5 saturated heterocycles. The number of nitrogens with zero attached hydrogens (tertiary/aromatic N) is 5. The molecule has 0 aliphatic carbocycles. The van der Waals surface area contributed by atoms with E-state index in [-0.39, 0.29) is 5.54 Å². The molecular formula is C29H55N5O. The highest BCUT2D eigenvalue weighted by molar-refractivity contribution is 5.11. The summed E-state index contributed by atoms with van der Waals surface area (Å²) in [6, 6.07) is 0. The van der Waals surface area contributed by atoms with Crippen molar-refractivity contribution in [2.75, 3.05) is 92.3 Å². The van der Waals surface area contributed by atoms with Crippen LogP contribution >= 0.6 is 0 Å². The van der Waals surface area contributed by atoms with Gasteiger partial charge in [-0.15, -0.1) is 0 Å². The van der Waals surface area contributed by atoms with Crippen LogP contribution in [0.25, 0.3) is 0 Å². The van der Waals surface area contributed by atoms with E-state index in [4.69, 9.17) is 4.74 Å². The Morgan fingerprint density at radius 3 is 1.63 bits per heavy atom. The minimum atomic E-state index is 0.249. The topological polar surface area (TPSA) is 25.4 Å². The Kier molecular flexibility index (Phi) is 6.93. The van der Waals surface area contributed by atoms with Crippen LogP contribution in [0.3, 0.4) is 0 Å². The number of hydrogen-bond donors (Lipinski definition) is 0. The van der Waals surface area contributed by atoms with Gasteiger partial charge in [-0.25, -0.2) is 0 Å². The first kappa shape index (κ1) is 26.4. The molecule has 2 spiro atoms. The van der Waals surface area contributed by atoms with Crippen molar-refractivity contribution >= 4 is 0 Å². The van der Waals surface area contributed by atoms with Gasteiger partial charge in [0.1, 0.15) is 0 Å². The fraction of sp³-hybridized carbons (Fsp3) is 1.00. The maximum atomic E-state index is 5.65. The maximum absolute atomic E-state index is 5.65. The molecule has 1 unspecified atom stereocenters. The molecule has 0 N–H and O–H groups in total. The van der Waals surface area contributed by atoms with E-state index in [2.05, 4.69) is 73.1 Å². The van der Waals surface area contributed by atoms with Crippen LogP contribution in [0.2, 0.25) is 0 Å². The molecule has 0 aromatic heterocycles. The van der Waals surface area contributed by atoms with Crippen molar-refractivity contribution in [3.8, 4) is 0 Å². The maximum Gasteiger partial charge on any atom is 0.0594 e. The lowest BCUT2D eigenvalue weighted by Crippen LogP contribution is -2.76. The van der Waals surface area contributed by atoms with Crippen molar-refractivity contribution in [1.82, 2.24) is 24.5 Å². The van der Waals surface area contributed by atoms with Gasteiger partial charge < -0.3 is 14.5 Å². The third-order valence-corrected chi connectivity index (χ3v) is 10.9. The molecule has 1 atom stereocenters. The summed E-state index contributed by atoms with van der Waals surface area (Å²) in [5, 5.41) is 0. The second kappa shape index (κ2) is 9.20. The predicted octanol–water partition coefficient (Wildman–Crippen LogP) is 3.08. The monoisotopic (exact) mass is 489 g/mol. The van der Waals surface area contributed by atoms with E-state index >= 15 is 0 Å². The molecule has 0 radical (unpaired) electrons. The van der Waals surface area contributed by atoms with Crippen LogP contribution in [0.1, 0.15) is 67.2 Å². The average molecular weight is 490 g/mol. The molecule has 5 aliphatic heterocycles. The molecule has 5 heterocycles. The van der Waals surface area contributed by atoms with Gasteiger partial charge in [-0.05, 0) is 73.9 Å². The molecular weight excluding hydrogens is 434 g/mol. The van der Waals surface area contributed by atoms with E-state index in [9.17, 15) is 0 Å². The summed E-state index contributed by atoms with van der Waals surface area (Å²) in [5.74, 6) is 0. The molecule has 202 valence electrons. The van der Waals surface area contributed by atoms with Gasteiger partial charge >= 0.3 is 0 Å². The van der Waals surface area contributed by atoms with Crippen LogP contribution < -0.4 is 0 Å². The van der Waals surface area contributed by atoms with Crippen LogP contribution in [0.4, 0.5) is 0 Å². The van der Waals surface area contributed by atoms with E-state index < -0.39 is 0 Å². The first-order valence-electron chi connectivity index (χ1n) is 14.6. The number of likely N-dealkylation sites (tertiary alicyclic amines) is 4. The van der Waals surface area contributed by atoms with Gasteiger partial charge in [0.05, 0.1) is 13.2 Å². The molecule has 5 fully saturated rings. The number of morpholine rings is 1. The van der Waals surface area contributed by atoms with E-state index in [1.807, 2.05) is 0 Å². The summed E-state index contributed by atoms with van der Waals surface area (Å²) >= 11 is 0. The van der Waals surface area contributed by atoms with Gasteiger partial charge in [-0.1, -0.05) is 6.92 Å². The van der Waals surface area contributed by atoms with E-state index in [0.29, 0.717) is 21.9 Å². The predicted molar refractivity (Wildman–Crippen MR) is 145 cm³/mol.